The summed E-state index contributed by atoms with van der Waals surface area (Å²) in [6.07, 6.45) is 0.448. The molecule has 0 saturated heterocycles. The van der Waals surface area contributed by atoms with Crippen LogP contribution in [0.4, 0.5) is 5.69 Å². The van der Waals surface area contributed by atoms with Crippen molar-refractivity contribution in [2.45, 2.75) is 24.0 Å². The van der Waals surface area contributed by atoms with Gasteiger partial charge in [0.05, 0.1) is 22.0 Å². The molecule has 3 N–H and O–H groups in total. The zero-order chi connectivity index (χ0) is 19.4. The first-order valence-electron chi connectivity index (χ1n) is 7.85. The van der Waals surface area contributed by atoms with Crippen molar-refractivity contribution in [2.24, 2.45) is 5.14 Å². The Balaban J connectivity index is 2.24. The highest BCUT2D eigenvalue weighted by molar-refractivity contribution is 7.91. The van der Waals surface area contributed by atoms with E-state index in [0.717, 1.165) is 0 Å². The summed E-state index contributed by atoms with van der Waals surface area (Å²) >= 11 is 0. The quantitative estimate of drug-likeness (QED) is 0.740. The van der Waals surface area contributed by atoms with Crippen molar-refractivity contribution in [3.63, 3.8) is 0 Å². The molecule has 0 aliphatic carbocycles. The second-order valence-electron chi connectivity index (χ2n) is 5.77. The molecule has 0 aliphatic rings. The lowest BCUT2D eigenvalue weighted by Crippen LogP contribution is -2.18. The highest BCUT2D eigenvalue weighted by atomic mass is 32.2. The van der Waals surface area contributed by atoms with Crippen molar-refractivity contribution in [1.82, 2.24) is 0 Å². The van der Waals surface area contributed by atoms with Crippen LogP contribution in [0.25, 0.3) is 0 Å². The van der Waals surface area contributed by atoms with Gasteiger partial charge in [0.25, 0.3) is 5.91 Å². The molecule has 2 aromatic carbocycles. The van der Waals surface area contributed by atoms with Crippen molar-refractivity contribution in [1.29, 1.82) is 0 Å². The van der Waals surface area contributed by atoms with Crippen LogP contribution in [0.2, 0.25) is 0 Å². The molecule has 26 heavy (non-hydrogen) atoms. The minimum absolute atomic E-state index is 0.00908. The summed E-state index contributed by atoms with van der Waals surface area (Å²) in [5.74, 6) is -0.904. The molecule has 2 rings (SSSR count). The molecular weight excluding hydrogens is 376 g/mol. The van der Waals surface area contributed by atoms with Gasteiger partial charge >= 0.3 is 0 Å². The fourth-order valence-corrected chi connectivity index (χ4v) is 4.62. The summed E-state index contributed by atoms with van der Waals surface area (Å²) in [6, 6.07) is 12.1. The number of hydrogen-bond acceptors (Lipinski definition) is 5. The summed E-state index contributed by atoms with van der Waals surface area (Å²) in [5.41, 5.74) is 0.960. The summed E-state index contributed by atoms with van der Waals surface area (Å²) in [4.78, 5) is 12.5. The summed E-state index contributed by atoms with van der Waals surface area (Å²) in [5, 5.41) is 7.61. The standard InChI is InChI=1S/C17H20N2O5S2/c1-2-11-25(21,22)16-6-4-3-5-15(16)17(20)19-14-9-7-13(8-10-14)12-26(18,23)24/h3-10H,2,11-12H2,1H3,(H,19,20)(H2,18,23,24). The first kappa shape index (κ1) is 20.1. The van der Waals surface area contributed by atoms with Gasteiger partial charge < -0.3 is 5.32 Å². The van der Waals surface area contributed by atoms with E-state index in [0.29, 0.717) is 17.7 Å². The zero-order valence-electron chi connectivity index (χ0n) is 14.2. The Hall–Kier alpha value is -2.23. The van der Waals surface area contributed by atoms with Gasteiger partial charge in [-0.05, 0) is 36.2 Å². The van der Waals surface area contributed by atoms with E-state index < -0.39 is 25.8 Å². The lowest BCUT2D eigenvalue weighted by atomic mass is 10.2. The van der Waals surface area contributed by atoms with Crippen LogP contribution in [0.3, 0.4) is 0 Å². The van der Waals surface area contributed by atoms with Gasteiger partial charge in [-0.1, -0.05) is 31.2 Å². The molecule has 2 aromatic rings. The highest BCUT2D eigenvalue weighted by Gasteiger charge is 2.21. The number of anilines is 1. The average molecular weight is 396 g/mol. The van der Waals surface area contributed by atoms with E-state index in [1.807, 2.05) is 0 Å². The SMILES string of the molecule is CCCS(=O)(=O)c1ccccc1C(=O)Nc1ccc(CS(N)(=O)=O)cc1. The Morgan fingerprint density at radius 1 is 1.00 bits per heavy atom. The number of amides is 1. The number of nitrogens with two attached hydrogens (primary N) is 1. The third-order valence-corrected chi connectivity index (χ3v) is 6.23. The number of hydrogen-bond donors (Lipinski definition) is 2. The number of nitrogens with one attached hydrogen (secondary N) is 1. The van der Waals surface area contributed by atoms with Crippen LogP contribution in [0.5, 0.6) is 0 Å². The molecule has 0 saturated carbocycles. The summed E-state index contributed by atoms with van der Waals surface area (Å²) in [7, 11) is -7.18. The predicted octanol–water partition coefficient (Wildman–Crippen LogP) is 1.91. The molecule has 0 bridgehead atoms. The van der Waals surface area contributed by atoms with Crippen LogP contribution in [0.15, 0.2) is 53.4 Å². The average Bonchev–Trinajstić information content (AvgIpc) is 2.55. The van der Waals surface area contributed by atoms with Gasteiger partial charge in [0.1, 0.15) is 0 Å². The van der Waals surface area contributed by atoms with Crippen LogP contribution in [0, 0.1) is 0 Å². The van der Waals surface area contributed by atoms with E-state index in [2.05, 4.69) is 5.32 Å². The van der Waals surface area contributed by atoms with Crippen molar-refractivity contribution in [3.8, 4) is 0 Å². The highest BCUT2D eigenvalue weighted by Crippen LogP contribution is 2.20. The molecule has 0 aliphatic heterocycles. The number of carbonyl (C=O) groups excluding carboxylic acids is 1. The van der Waals surface area contributed by atoms with Crippen LogP contribution < -0.4 is 10.5 Å². The third-order valence-electron chi connectivity index (χ3n) is 3.52. The monoisotopic (exact) mass is 396 g/mol. The van der Waals surface area contributed by atoms with Gasteiger partial charge in [0.2, 0.25) is 10.0 Å². The molecule has 0 atom stereocenters. The molecule has 1 amide bonds. The maximum Gasteiger partial charge on any atom is 0.256 e. The second kappa shape index (κ2) is 7.98. The topological polar surface area (TPSA) is 123 Å². The smallest absolute Gasteiger partial charge is 0.256 e. The molecular formula is C17H20N2O5S2. The maximum atomic E-state index is 12.5. The molecule has 0 radical (unpaired) electrons. The second-order valence-corrected chi connectivity index (χ2v) is 9.47. The Morgan fingerprint density at radius 2 is 1.62 bits per heavy atom. The van der Waals surface area contributed by atoms with E-state index in [1.165, 1.54) is 36.4 Å². The fraction of sp³-hybridized carbons (Fsp3) is 0.235. The van der Waals surface area contributed by atoms with E-state index in [1.54, 1.807) is 19.1 Å². The van der Waals surface area contributed by atoms with E-state index in [-0.39, 0.29) is 22.0 Å². The number of primary sulfonamides is 1. The van der Waals surface area contributed by atoms with Gasteiger partial charge in [-0.15, -0.1) is 0 Å². The Kier molecular flexibility index (Phi) is 6.17. The first-order chi connectivity index (χ1) is 12.1. The lowest BCUT2D eigenvalue weighted by Gasteiger charge is -2.11. The summed E-state index contributed by atoms with van der Waals surface area (Å²) < 4.78 is 46.8. The lowest BCUT2D eigenvalue weighted by molar-refractivity contribution is 0.102. The van der Waals surface area contributed by atoms with Crippen LogP contribution in [-0.2, 0) is 25.6 Å². The third kappa shape index (κ3) is 5.38. The van der Waals surface area contributed by atoms with Crippen molar-refractivity contribution >= 4 is 31.5 Å². The Bertz CT molecular complexity index is 998. The maximum absolute atomic E-state index is 12.5. The fourth-order valence-electron chi connectivity index (χ4n) is 2.42. The molecule has 0 spiro atoms. The van der Waals surface area contributed by atoms with Gasteiger partial charge in [-0.2, -0.15) is 0 Å². The predicted molar refractivity (Wildman–Crippen MR) is 100.0 cm³/mol. The van der Waals surface area contributed by atoms with Gasteiger partial charge in [0, 0.05) is 5.69 Å². The van der Waals surface area contributed by atoms with Crippen molar-refractivity contribution in [3.05, 3.63) is 59.7 Å². The Morgan fingerprint density at radius 3 is 2.19 bits per heavy atom. The van der Waals surface area contributed by atoms with E-state index in [4.69, 9.17) is 5.14 Å². The molecule has 9 heteroatoms. The van der Waals surface area contributed by atoms with E-state index >= 15 is 0 Å². The number of sulfone groups is 1. The molecule has 0 fully saturated rings. The van der Waals surface area contributed by atoms with Crippen LogP contribution >= 0.6 is 0 Å². The number of rotatable bonds is 7. The summed E-state index contributed by atoms with van der Waals surface area (Å²) in [6.45, 7) is 1.75. The molecule has 0 aromatic heterocycles. The van der Waals surface area contributed by atoms with Crippen LogP contribution in [-0.4, -0.2) is 28.5 Å². The number of carbonyl (C=O) groups is 1. The minimum Gasteiger partial charge on any atom is -0.322 e. The Labute approximate surface area is 153 Å². The first-order valence-corrected chi connectivity index (χ1v) is 11.2. The zero-order valence-corrected chi connectivity index (χ0v) is 15.8. The van der Waals surface area contributed by atoms with E-state index in [9.17, 15) is 21.6 Å². The van der Waals surface area contributed by atoms with Gasteiger partial charge in [0.15, 0.2) is 9.84 Å². The largest absolute Gasteiger partial charge is 0.322 e. The minimum atomic E-state index is -3.64. The number of benzene rings is 2. The normalized spacial score (nSPS) is 11.9. The molecule has 0 unspecified atom stereocenters. The molecule has 0 heterocycles. The van der Waals surface area contributed by atoms with Crippen LogP contribution in [0.1, 0.15) is 29.3 Å². The van der Waals surface area contributed by atoms with Gasteiger partial charge in [-0.25, -0.2) is 22.0 Å². The van der Waals surface area contributed by atoms with Crippen molar-refractivity contribution < 1.29 is 21.6 Å². The van der Waals surface area contributed by atoms with Crippen molar-refractivity contribution in [2.75, 3.05) is 11.1 Å². The molecule has 140 valence electrons. The molecule has 7 nitrogen and oxygen atoms in total. The van der Waals surface area contributed by atoms with Gasteiger partial charge in [-0.3, -0.25) is 4.79 Å². The number of sulfonamides is 1.